The molecule has 1 aromatic heterocycles. The number of nitrogens with zero attached hydrogens (tertiary/aromatic N) is 2. The highest BCUT2D eigenvalue weighted by molar-refractivity contribution is 5.95. The lowest BCUT2D eigenvalue weighted by Gasteiger charge is -2.22. The second-order valence-corrected chi connectivity index (χ2v) is 6.93. The third-order valence-electron chi connectivity index (χ3n) is 4.84. The highest BCUT2D eigenvalue weighted by Gasteiger charge is 2.20. The molecule has 0 aliphatic heterocycles. The summed E-state index contributed by atoms with van der Waals surface area (Å²) in [7, 11) is 3.61. The minimum Gasteiger partial charge on any atom is -0.374 e. The fourth-order valence-corrected chi connectivity index (χ4v) is 3.44. The molecule has 1 aromatic carbocycles. The van der Waals surface area contributed by atoms with Crippen molar-refractivity contribution in [3.63, 3.8) is 0 Å². The molecular weight excluding hydrogens is 364 g/mol. The van der Waals surface area contributed by atoms with Gasteiger partial charge in [0.05, 0.1) is 18.9 Å². The van der Waals surface area contributed by atoms with Gasteiger partial charge in [0.1, 0.15) is 6.04 Å². The average molecular weight is 393 g/mol. The molecule has 6 nitrogen and oxygen atoms in total. The van der Waals surface area contributed by atoms with Gasteiger partial charge in [-0.15, -0.1) is 12.4 Å². The Labute approximate surface area is 167 Å². The SMILES string of the molecule is CNC(C(=O)Nc1cccc(COC2CCCCC2)c1)c1cnn(C)c1.Cl. The van der Waals surface area contributed by atoms with Gasteiger partial charge in [0.25, 0.3) is 0 Å². The molecule has 148 valence electrons. The summed E-state index contributed by atoms with van der Waals surface area (Å²) in [6.45, 7) is 0.590. The number of amides is 1. The second kappa shape index (κ2) is 10.4. The van der Waals surface area contributed by atoms with E-state index in [0.29, 0.717) is 12.7 Å². The highest BCUT2D eigenvalue weighted by atomic mass is 35.5. The largest absolute Gasteiger partial charge is 0.374 e. The van der Waals surface area contributed by atoms with E-state index in [1.54, 1.807) is 17.9 Å². The number of likely N-dealkylation sites (N-methyl/N-ethyl adjacent to an activating group) is 1. The zero-order valence-electron chi connectivity index (χ0n) is 16.0. The summed E-state index contributed by atoms with van der Waals surface area (Å²) in [5.41, 5.74) is 2.70. The number of halogens is 1. The van der Waals surface area contributed by atoms with Gasteiger partial charge in [0, 0.05) is 24.5 Å². The molecule has 1 aliphatic carbocycles. The Morgan fingerprint density at radius 1 is 1.33 bits per heavy atom. The number of benzene rings is 1. The molecule has 3 rings (SSSR count). The average Bonchev–Trinajstić information content (AvgIpc) is 3.08. The van der Waals surface area contributed by atoms with Crippen LogP contribution in [0.5, 0.6) is 0 Å². The molecule has 0 bridgehead atoms. The molecule has 0 saturated heterocycles. The monoisotopic (exact) mass is 392 g/mol. The zero-order chi connectivity index (χ0) is 18.4. The predicted molar refractivity (Wildman–Crippen MR) is 109 cm³/mol. The Kier molecular flexibility index (Phi) is 8.28. The molecule has 1 heterocycles. The molecule has 2 aromatic rings. The van der Waals surface area contributed by atoms with Gasteiger partial charge in [-0.3, -0.25) is 9.48 Å². The number of nitrogens with one attached hydrogen (secondary N) is 2. The van der Waals surface area contributed by atoms with Gasteiger partial charge in [0.2, 0.25) is 5.91 Å². The van der Waals surface area contributed by atoms with Crippen LogP contribution in [0.4, 0.5) is 5.69 Å². The van der Waals surface area contributed by atoms with Crippen molar-refractivity contribution in [2.24, 2.45) is 7.05 Å². The van der Waals surface area contributed by atoms with Crippen LogP contribution >= 0.6 is 12.4 Å². The summed E-state index contributed by atoms with van der Waals surface area (Å²) in [5, 5.41) is 10.2. The van der Waals surface area contributed by atoms with Crippen molar-refractivity contribution in [2.75, 3.05) is 12.4 Å². The number of aryl methyl sites for hydroxylation is 1. The van der Waals surface area contributed by atoms with Crippen molar-refractivity contribution in [2.45, 2.75) is 50.9 Å². The molecule has 1 fully saturated rings. The Bertz CT molecular complexity index is 728. The number of rotatable bonds is 7. The number of hydrogen-bond donors (Lipinski definition) is 2. The summed E-state index contributed by atoms with van der Waals surface area (Å²) in [6.07, 6.45) is 10.1. The minimum absolute atomic E-state index is 0. The first-order chi connectivity index (χ1) is 12.7. The molecule has 1 saturated carbocycles. The van der Waals surface area contributed by atoms with Gasteiger partial charge < -0.3 is 15.4 Å². The fourth-order valence-electron chi connectivity index (χ4n) is 3.44. The lowest BCUT2D eigenvalue weighted by Crippen LogP contribution is -2.30. The maximum atomic E-state index is 12.6. The van der Waals surface area contributed by atoms with Crippen LogP contribution in [-0.2, 0) is 23.2 Å². The maximum Gasteiger partial charge on any atom is 0.246 e. The van der Waals surface area contributed by atoms with Crippen LogP contribution in [-0.4, -0.2) is 28.8 Å². The number of anilines is 1. The van der Waals surface area contributed by atoms with E-state index in [1.165, 1.54) is 19.3 Å². The Morgan fingerprint density at radius 2 is 2.11 bits per heavy atom. The predicted octanol–water partition coefficient (Wildman–Crippen LogP) is 3.59. The molecule has 2 N–H and O–H groups in total. The molecule has 1 aliphatic rings. The summed E-state index contributed by atoms with van der Waals surface area (Å²) in [6, 6.07) is 7.43. The first kappa shape index (κ1) is 21.4. The molecule has 0 spiro atoms. The van der Waals surface area contributed by atoms with E-state index in [-0.39, 0.29) is 18.3 Å². The number of carbonyl (C=O) groups is 1. The highest BCUT2D eigenvalue weighted by Crippen LogP contribution is 2.22. The standard InChI is InChI=1S/C20H28N4O2.ClH/c1-21-19(16-12-22-24(2)13-16)20(25)23-17-8-6-7-15(11-17)14-26-18-9-4-3-5-10-18;/h6-8,11-13,18-19,21H,3-5,9-10,14H2,1-2H3,(H,23,25);1H. The van der Waals surface area contributed by atoms with Crippen LogP contribution in [0.25, 0.3) is 0 Å². The van der Waals surface area contributed by atoms with E-state index >= 15 is 0 Å². The van der Waals surface area contributed by atoms with Crippen molar-refractivity contribution in [1.29, 1.82) is 0 Å². The minimum atomic E-state index is -0.439. The van der Waals surface area contributed by atoms with E-state index in [0.717, 1.165) is 29.7 Å². The topological polar surface area (TPSA) is 68.2 Å². The second-order valence-electron chi connectivity index (χ2n) is 6.93. The lowest BCUT2D eigenvalue weighted by molar-refractivity contribution is -0.118. The maximum absolute atomic E-state index is 12.6. The lowest BCUT2D eigenvalue weighted by atomic mass is 9.98. The quantitative estimate of drug-likeness (QED) is 0.755. The Hall–Kier alpha value is -1.89. The number of hydrogen-bond acceptors (Lipinski definition) is 4. The third-order valence-corrected chi connectivity index (χ3v) is 4.84. The van der Waals surface area contributed by atoms with Crippen molar-refractivity contribution >= 4 is 24.0 Å². The molecular formula is C20H29ClN4O2. The van der Waals surface area contributed by atoms with Crippen molar-refractivity contribution in [1.82, 2.24) is 15.1 Å². The van der Waals surface area contributed by atoms with E-state index < -0.39 is 6.04 Å². The van der Waals surface area contributed by atoms with E-state index in [9.17, 15) is 4.79 Å². The van der Waals surface area contributed by atoms with Crippen LogP contribution in [0.15, 0.2) is 36.7 Å². The van der Waals surface area contributed by atoms with Gasteiger partial charge in [-0.1, -0.05) is 31.4 Å². The molecule has 7 heteroatoms. The molecule has 1 amide bonds. The summed E-state index contributed by atoms with van der Waals surface area (Å²) in [4.78, 5) is 12.6. The van der Waals surface area contributed by atoms with E-state index in [1.807, 2.05) is 37.5 Å². The smallest absolute Gasteiger partial charge is 0.246 e. The van der Waals surface area contributed by atoms with Crippen molar-refractivity contribution < 1.29 is 9.53 Å². The number of carbonyl (C=O) groups excluding carboxylic acids is 1. The van der Waals surface area contributed by atoms with Crippen molar-refractivity contribution in [3.8, 4) is 0 Å². The van der Waals surface area contributed by atoms with Gasteiger partial charge in [0.15, 0.2) is 0 Å². The zero-order valence-corrected chi connectivity index (χ0v) is 16.8. The van der Waals surface area contributed by atoms with Crippen LogP contribution in [0.1, 0.15) is 49.3 Å². The van der Waals surface area contributed by atoms with E-state index in [2.05, 4.69) is 15.7 Å². The van der Waals surface area contributed by atoms with Crippen LogP contribution in [0.2, 0.25) is 0 Å². The summed E-state index contributed by atoms with van der Waals surface area (Å²) in [5.74, 6) is -0.106. The summed E-state index contributed by atoms with van der Waals surface area (Å²) < 4.78 is 7.72. The molecule has 27 heavy (non-hydrogen) atoms. The van der Waals surface area contributed by atoms with Gasteiger partial charge >= 0.3 is 0 Å². The Morgan fingerprint density at radius 3 is 2.78 bits per heavy atom. The first-order valence-corrected chi connectivity index (χ1v) is 9.33. The van der Waals surface area contributed by atoms with Gasteiger partial charge in [-0.2, -0.15) is 5.10 Å². The molecule has 0 radical (unpaired) electrons. The number of ether oxygens (including phenoxy) is 1. The van der Waals surface area contributed by atoms with Crippen LogP contribution in [0.3, 0.4) is 0 Å². The third kappa shape index (κ3) is 6.06. The summed E-state index contributed by atoms with van der Waals surface area (Å²) >= 11 is 0. The molecule has 1 unspecified atom stereocenters. The number of aromatic nitrogens is 2. The van der Waals surface area contributed by atoms with Gasteiger partial charge in [-0.05, 0) is 37.6 Å². The van der Waals surface area contributed by atoms with Crippen molar-refractivity contribution in [3.05, 3.63) is 47.8 Å². The Balaban J connectivity index is 0.00000261. The van der Waals surface area contributed by atoms with Crippen LogP contribution < -0.4 is 10.6 Å². The van der Waals surface area contributed by atoms with Crippen LogP contribution in [0, 0.1) is 0 Å². The normalized spacial score (nSPS) is 15.8. The van der Waals surface area contributed by atoms with E-state index in [4.69, 9.17) is 4.74 Å². The fraction of sp³-hybridized carbons (Fsp3) is 0.500. The first-order valence-electron chi connectivity index (χ1n) is 9.33. The molecule has 1 atom stereocenters. The van der Waals surface area contributed by atoms with Gasteiger partial charge in [-0.25, -0.2) is 0 Å².